The molecule has 1 aromatic carbocycles. The molecule has 0 unspecified atom stereocenters. The van der Waals surface area contributed by atoms with Gasteiger partial charge in [0.25, 0.3) is 0 Å². The van der Waals surface area contributed by atoms with Gasteiger partial charge in [0.05, 0.1) is 21.4 Å². The monoisotopic (exact) mass is 242 g/mol. The largest absolute Gasteiger partial charge is 0.397 e. The fourth-order valence-corrected chi connectivity index (χ4v) is 1.98. The molecule has 4 heteroatoms. The summed E-state index contributed by atoms with van der Waals surface area (Å²) in [4.78, 5) is 0. The van der Waals surface area contributed by atoms with Gasteiger partial charge in [0.1, 0.15) is 0 Å². The van der Waals surface area contributed by atoms with Gasteiger partial charge < -0.3 is 11.1 Å². The molecule has 0 saturated carbocycles. The van der Waals surface area contributed by atoms with Crippen LogP contribution in [0.5, 0.6) is 0 Å². The first-order chi connectivity index (χ1) is 7.16. The molecule has 1 aromatic rings. The molecule has 0 saturated heterocycles. The smallest absolute Gasteiger partial charge is 0.0614 e. The summed E-state index contributed by atoms with van der Waals surface area (Å²) in [6.07, 6.45) is 6.37. The Hall–Kier alpha value is -0.860. The number of halogens is 2. The summed E-state index contributed by atoms with van der Waals surface area (Å²) in [5.74, 6) is 0. The number of nitrogen functional groups attached to an aromatic ring is 1. The molecule has 0 bridgehead atoms. The molecule has 3 N–H and O–H groups in total. The summed E-state index contributed by atoms with van der Waals surface area (Å²) < 4.78 is 0. The highest BCUT2D eigenvalue weighted by molar-refractivity contribution is 6.42. The number of hydrogen-bond acceptors (Lipinski definition) is 2. The van der Waals surface area contributed by atoms with Crippen molar-refractivity contribution in [2.24, 2.45) is 0 Å². The molecule has 1 aliphatic rings. The summed E-state index contributed by atoms with van der Waals surface area (Å²) in [5.41, 5.74) is 7.34. The zero-order valence-electron chi connectivity index (χ0n) is 8.13. The number of benzene rings is 1. The van der Waals surface area contributed by atoms with Crippen LogP contribution in [0.3, 0.4) is 0 Å². The van der Waals surface area contributed by atoms with E-state index in [1.54, 1.807) is 12.1 Å². The number of rotatable bonds is 2. The number of anilines is 2. The van der Waals surface area contributed by atoms with Gasteiger partial charge in [-0.3, -0.25) is 0 Å². The van der Waals surface area contributed by atoms with Crippen LogP contribution in [-0.2, 0) is 0 Å². The molecular weight excluding hydrogens is 231 g/mol. The Kier molecular flexibility index (Phi) is 3.08. The van der Waals surface area contributed by atoms with Crippen molar-refractivity contribution in [3.63, 3.8) is 0 Å². The van der Waals surface area contributed by atoms with E-state index in [2.05, 4.69) is 17.5 Å². The van der Waals surface area contributed by atoms with Crippen molar-refractivity contribution < 1.29 is 0 Å². The molecule has 0 amide bonds. The van der Waals surface area contributed by atoms with Gasteiger partial charge in [-0.1, -0.05) is 35.4 Å². The molecule has 0 aromatic heterocycles. The second-order valence-electron chi connectivity index (χ2n) is 3.64. The average Bonchev–Trinajstić information content (AvgIpc) is 2.67. The number of nitrogens with one attached hydrogen (secondary N) is 1. The Labute approximate surface area is 99.1 Å². The van der Waals surface area contributed by atoms with Gasteiger partial charge in [-0.15, -0.1) is 0 Å². The highest BCUT2D eigenvalue weighted by atomic mass is 35.5. The topological polar surface area (TPSA) is 38.0 Å². The van der Waals surface area contributed by atoms with E-state index in [9.17, 15) is 0 Å². The van der Waals surface area contributed by atoms with Crippen LogP contribution in [0, 0.1) is 0 Å². The van der Waals surface area contributed by atoms with Crippen LogP contribution in [-0.4, -0.2) is 6.04 Å². The van der Waals surface area contributed by atoms with Crippen molar-refractivity contribution in [1.82, 2.24) is 0 Å². The second-order valence-corrected chi connectivity index (χ2v) is 4.45. The lowest BCUT2D eigenvalue weighted by Gasteiger charge is -2.16. The molecule has 0 aliphatic heterocycles. The molecule has 0 spiro atoms. The van der Waals surface area contributed by atoms with Crippen molar-refractivity contribution in [2.45, 2.75) is 18.9 Å². The SMILES string of the molecule is Nc1cc(Cl)c(Cl)cc1NC1CC=CC1. The van der Waals surface area contributed by atoms with Crippen molar-refractivity contribution in [2.75, 3.05) is 11.1 Å². The fraction of sp³-hybridized carbons (Fsp3) is 0.273. The predicted molar refractivity (Wildman–Crippen MR) is 66.7 cm³/mol. The van der Waals surface area contributed by atoms with E-state index in [0.717, 1.165) is 18.5 Å². The lowest BCUT2D eigenvalue weighted by atomic mass is 10.2. The van der Waals surface area contributed by atoms with Gasteiger partial charge in [-0.25, -0.2) is 0 Å². The lowest BCUT2D eigenvalue weighted by Crippen LogP contribution is -2.16. The van der Waals surface area contributed by atoms with Crippen molar-refractivity contribution in [1.29, 1.82) is 0 Å². The highest BCUT2D eigenvalue weighted by Crippen LogP contribution is 2.31. The van der Waals surface area contributed by atoms with E-state index >= 15 is 0 Å². The minimum Gasteiger partial charge on any atom is -0.397 e. The third-order valence-electron chi connectivity index (χ3n) is 2.46. The van der Waals surface area contributed by atoms with Crippen LogP contribution in [0.15, 0.2) is 24.3 Å². The van der Waals surface area contributed by atoms with Crippen LogP contribution >= 0.6 is 23.2 Å². The third-order valence-corrected chi connectivity index (χ3v) is 3.18. The molecule has 2 nitrogen and oxygen atoms in total. The lowest BCUT2D eigenvalue weighted by molar-refractivity contribution is 0.787. The van der Waals surface area contributed by atoms with E-state index in [1.807, 2.05) is 0 Å². The Morgan fingerprint density at radius 3 is 2.40 bits per heavy atom. The molecule has 0 fully saturated rings. The first-order valence-corrected chi connectivity index (χ1v) is 5.58. The molecule has 15 heavy (non-hydrogen) atoms. The summed E-state index contributed by atoms with van der Waals surface area (Å²) >= 11 is 11.8. The Morgan fingerprint density at radius 2 is 1.73 bits per heavy atom. The van der Waals surface area contributed by atoms with Crippen LogP contribution in [0.25, 0.3) is 0 Å². The summed E-state index contributed by atoms with van der Waals surface area (Å²) in [6, 6.07) is 3.87. The quantitative estimate of drug-likeness (QED) is 0.613. The van der Waals surface area contributed by atoms with Crippen molar-refractivity contribution in [3.05, 3.63) is 34.3 Å². The number of hydrogen-bond donors (Lipinski definition) is 2. The van der Waals surface area contributed by atoms with Crippen molar-refractivity contribution >= 4 is 34.6 Å². The summed E-state index contributed by atoms with van der Waals surface area (Å²) in [5, 5.41) is 4.36. The summed E-state index contributed by atoms with van der Waals surface area (Å²) in [6.45, 7) is 0. The van der Waals surface area contributed by atoms with Crippen LogP contribution in [0.4, 0.5) is 11.4 Å². The Bertz CT molecular complexity index is 394. The van der Waals surface area contributed by atoms with E-state index in [1.165, 1.54) is 0 Å². The summed E-state index contributed by atoms with van der Waals surface area (Å²) in [7, 11) is 0. The van der Waals surface area contributed by atoms with Crippen LogP contribution in [0.2, 0.25) is 10.0 Å². The molecule has 1 aliphatic carbocycles. The van der Waals surface area contributed by atoms with Gasteiger partial charge in [-0.2, -0.15) is 0 Å². The zero-order chi connectivity index (χ0) is 10.8. The van der Waals surface area contributed by atoms with Crippen LogP contribution in [0.1, 0.15) is 12.8 Å². The minimum atomic E-state index is 0.421. The molecule has 0 heterocycles. The molecule has 2 rings (SSSR count). The van der Waals surface area contributed by atoms with Gasteiger partial charge in [0, 0.05) is 6.04 Å². The average molecular weight is 243 g/mol. The van der Waals surface area contributed by atoms with Gasteiger partial charge in [0.2, 0.25) is 0 Å². The van der Waals surface area contributed by atoms with E-state index < -0.39 is 0 Å². The third kappa shape index (κ3) is 2.39. The molecule has 0 radical (unpaired) electrons. The normalized spacial score (nSPS) is 15.9. The van der Waals surface area contributed by atoms with Gasteiger partial charge in [-0.05, 0) is 25.0 Å². The van der Waals surface area contributed by atoms with Gasteiger partial charge in [0.15, 0.2) is 0 Å². The molecule has 80 valence electrons. The molecule has 0 atom stereocenters. The standard InChI is InChI=1S/C11H12Cl2N2/c12-8-5-10(14)11(6-9(8)13)15-7-3-1-2-4-7/h1-2,5-7,15H,3-4,14H2. The van der Waals surface area contributed by atoms with Gasteiger partial charge >= 0.3 is 0 Å². The van der Waals surface area contributed by atoms with Crippen molar-refractivity contribution in [3.8, 4) is 0 Å². The first kappa shape index (κ1) is 10.7. The Balaban J connectivity index is 2.17. The maximum atomic E-state index is 5.93. The first-order valence-electron chi connectivity index (χ1n) is 4.83. The van der Waals surface area contributed by atoms with Crippen LogP contribution < -0.4 is 11.1 Å². The maximum absolute atomic E-state index is 5.93. The number of nitrogens with two attached hydrogens (primary N) is 1. The molecular formula is C11H12Cl2N2. The van der Waals surface area contributed by atoms with E-state index in [0.29, 0.717) is 21.8 Å². The van der Waals surface area contributed by atoms with E-state index in [4.69, 9.17) is 28.9 Å². The second kappa shape index (κ2) is 4.33. The predicted octanol–water partition coefficient (Wildman–Crippen LogP) is 3.71. The maximum Gasteiger partial charge on any atom is 0.0614 e. The highest BCUT2D eigenvalue weighted by Gasteiger charge is 2.12. The Morgan fingerprint density at radius 1 is 1.13 bits per heavy atom. The minimum absolute atomic E-state index is 0.421. The fourth-order valence-electron chi connectivity index (χ4n) is 1.64. The van der Waals surface area contributed by atoms with E-state index in [-0.39, 0.29) is 0 Å². The zero-order valence-corrected chi connectivity index (χ0v) is 9.65.